The van der Waals surface area contributed by atoms with Gasteiger partial charge in [-0.05, 0) is 49.1 Å². The van der Waals surface area contributed by atoms with Gasteiger partial charge in [-0.15, -0.1) is 11.8 Å². The lowest BCUT2D eigenvalue weighted by Gasteiger charge is -2.36. The Labute approximate surface area is 263 Å². The average molecular weight is 617 g/mol. The van der Waals surface area contributed by atoms with Crippen LogP contribution < -0.4 is 5.32 Å². The van der Waals surface area contributed by atoms with Crippen LogP contribution in [-0.4, -0.2) is 88.5 Å². The zero-order valence-electron chi connectivity index (χ0n) is 25.1. The Bertz CT molecular complexity index is 1370. The minimum absolute atomic E-state index is 0.111. The molecule has 1 amide bonds. The van der Waals surface area contributed by atoms with Crippen molar-refractivity contribution in [3.05, 3.63) is 95.6 Å². The molecular weight excluding hydrogens is 576 g/mol. The summed E-state index contributed by atoms with van der Waals surface area (Å²) in [6.07, 6.45) is 8.92. The van der Waals surface area contributed by atoms with Gasteiger partial charge in [0.1, 0.15) is 12.3 Å². The van der Waals surface area contributed by atoms with Gasteiger partial charge in [-0.3, -0.25) is 29.8 Å². The number of amides is 1. The van der Waals surface area contributed by atoms with Crippen LogP contribution >= 0.6 is 11.8 Å². The number of carbonyl (C=O) groups is 2. The second-order valence-electron chi connectivity index (χ2n) is 10.8. The molecule has 2 aromatic heterocycles. The lowest BCUT2D eigenvalue weighted by atomic mass is 10.0. The number of oxime groups is 1. The van der Waals surface area contributed by atoms with Crippen molar-refractivity contribution >= 4 is 29.4 Å². The van der Waals surface area contributed by atoms with Crippen LogP contribution in [0.25, 0.3) is 0 Å². The molecule has 2 aliphatic heterocycles. The van der Waals surface area contributed by atoms with Crippen molar-refractivity contribution in [1.29, 1.82) is 0 Å². The summed E-state index contributed by atoms with van der Waals surface area (Å²) in [5.74, 6) is 0.783. The molecule has 2 fully saturated rings. The molecule has 11 heteroatoms. The van der Waals surface area contributed by atoms with Gasteiger partial charge in [0.2, 0.25) is 5.91 Å². The number of esters is 1. The molecule has 0 saturated carbocycles. The van der Waals surface area contributed by atoms with Crippen LogP contribution in [0.5, 0.6) is 0 Å². The topological polar surface area (TPSA) is 109 Å². The van der Waals surface area contributed by atoms with Crippen LogP contribution in [0.3, 0.4) is 0 Å². The number of carbonyl (C=O) groups excluding carboxylic acids is 2. The average Bonchev–Trinajstić information content (AvgIpc) is 3.57. The fourth-order valence-corrected chi connectivity index (χ4v) is 6.48. The van der Waals surface area contributed by atoms with Crippen LogP contribution in [0, 0.1) is 0 Å². The van der Waals surface area contributed by atoms with Crippen molar-refractivity contribution in [3.63, 3.8) is 0 Å². The largest absolute Gasteiger partial charge is 0.466 e. The van der Waals surface area contributed by atoms with Gasteiger partial charge in [-0.25, -0.2) is 0 Å². The molecule has 10 nitrogen and oxygen atoms in total. The predicted molar refractivity (Wildman–Crippen MR) is 171 cm³/mol. The number of unbranched alkanes of at least 4 members (excludes halogenated alkanes) is 1. The third-order valence-electron chi connectivity index (χ3n) is 7.65. The van der Waals surface area contributed by atoms with E-state index in [9.17, 15) is 9.59 Å². The van der Waals surface area contributed by atoms with Crippen LogP contribution in [0.15, 0.2) is 78.5 Å². The van der Waals surface area contributed by atoms with Crippen molar-refractivity contribution < 1.29 is 19.2 Å². The summed E-state index contributed by atoms with van der Waals surface area (Å²) in [6.45, 7) is 6.57. The molecule has 232 valence electrons. The van der Waals surface area contributed by atoms with Crippen LogP contribution in [0.4, 0.5) is 0 Å². The standard InChI is InChI=1S/C33H40N6O4S/c1-2-42-30(40)9-3-4-20-43-37-31(27-7-5-14-34-21-27)26-12-10-25(11-13-26)23-38-16-18-39(19-17-38)33(41)29-24-44-32(36-29)28-8-6-15-35-22-28/h5-8,10-15,21-22,29,32,36H,2-4,9,16-20,23-24H2,1H3/b37-31-. The summed E-state index contributed by atoms with van der Waals surface area (Å²) in [5.41, 5.74) is 4.83. The molecule has 2 aliphatic rings. The molecule has 0 spiro atoms. The van der Waals surface area contributed by atoms with E-state index >= 15 is 0 Å². The first-order valence-electron chi connectivity index (χ1n) is 15.2. The lowest BCUT2D eigenvalue weighted by Crippen LogP contribution is -2.53. The molecular formula is C33H40N6O4S. The summed E-state index contributed by atoms with van der Waals surface area (Å²) in [5, 5.41) is 8.05. The minimum Gasteiger partial charge on any atom is -0.466 e. The Balaban J connectivity index is 1.10. The van der Waals surface area contributed by atoms with E-state index < -0.39 is 0 Å². The van der Waals surface area contributed by atoms with Gasteiger partial charge in [0.25, 0.3) is 0 Å². The number of aromatic nitrogens is 2. The fourth-order valence-electron chi connectivity index (χ4n) is 5.26. The van der Waals surface area contributed by atoms with Gasteiger partial charge >= 0.3 is 5.97 Å². The van der Waals surface area contributed by atoms with Crippen molar-refractivity contribution in [2.75, 3.05) is 45.1 Å². The number of rotatable bonds is 13. The third kappa shape index (κ3) is 8.87. The maximum absolute atomic E-state index is 13.2. The second kappa shape index (κ2) is 16.3. The van der Waals surface area contributed by atoms with Crippen molar-refractivity contribution in [1.82, 2.24) is 25.1 Å². The van der Waals surface area contributed by atoms with Crippen LogP contribution in [0.1, 0.15) is 53.8 Å². The number of hydrogen-bond donors (Lipinski definition) is 1. The Kier molecular flexibility index (Phi) is 11.7. The summed E-state index contributed by atoms with van der Waals surface area (Å²) in [4.78, 5) is 43.2. The van der Waals surface area contributed by atoms with Gasteiger partial charge in [0.05, 0.1) is 18.0 Å². The number of thioether (sulfide) groups is 1. The highest BCUT2D eigenvalue weighted by Crippen LogP contribution is 2.32. The SMILES string of the molecule is CCOC(=O)CCCCO/N=C(/c1ccc(CN2CCN(C(=O)C3CSC(c4cccnc4)N3)CC2)cc1)c1cccnc1. The molecule has 2 unspecified atom stereocenters. The van der Waals surface area contributed by atoms with E-state index in [1.54, 1.807) is 37.3 Å². The Hall–Kier alpha value is -3.80. The molecule has 0 aliphatic carbocycles. The molecule has 2 atom stereocenters. The minimum atomic E-state index is -0.182. The molecule has 0 bridgehead atoms. The van der Waals surface area contributed by atoms with E-state index in [4.69, 9.17) is 9.57 Å². The first kappa shape index (κ1) is 31.6. The molecule has 1 aromatic carbocycles. The van der Waals surface area contributed by atoms with Crippen molar-refractivity contribution in [2.24, 2.45) is 5.16 Å². The summed E-state index contributed by atoms with van der Waals surface area (Å²) in [7, 11) is 0. The van der Waals surface area contributed by atoms with Crippen molar-refractivity contribution in [3.8, 4) is 0 Å². The maximum Gasteiger partial charge on any atom is 0.305 e. The van der Waals surface area contributed by atoms with Gasteiger partial charge < -0.3 is 14.5 Å². The second-order valence-corrected chi connectivity index (χ2v) is 11.9. The zero-order chi connectivity index (χ0) is 30.6. The lowest BCUT2D eigenvalue weighted by molar-refractivity contribution is -0.143. The van der Waals surface area contributed by atoms with E-state index in [0.717, 1.165) is 55.2 Å². The Morgan fingerprint density at radius 1 is 0.977 bits per heavy atom. The monoisotopic (exact) mass is 616 g/mol. The van der Waals surface area contributed by atoms with Gasteiger partial charge in [-0.2, -0.15) is 0 Å². The highest BCUT2D eigenvalue weighted by Gasteiger charge is 2.34. The first-order chi connectivity index (χ1) is 21.6. The highest BCUT2D eigenvalue weighted by molar-refractivity contribution is 7.99. The molecule has 3 aromatic rings. The fraction of sp³-hybridized carbons (Fsp3) is 0.424. The number of hydrogen-bond acceptors (Lipinski definition) is 10. The Morgan fingerprint density at radius 3 is 2.45 bits per heavy atom. The summed E-state index contributed by atoms with van der Waals surface area (Å²) < 4.78 is 4.97. The number of pyridine rings is 2. The molecule has 0 radical (unpaired) electrons. The van der Waals surface area contributed by atoms with Gasteiger partial charge in [0, 0.05) is 80.8 Å². The molecule has 5 rings (SSSR count). The van der Waals surface area contributed by atoms with Crippen LogP contribution in [-0.2, 0) is 25.7 Å². The predicted octanol–water partition coefficient (Wildman–Crippen LogP) is 4.03. The number of nitrogens with one attached hydrogen (secondary N) is 1. The van der Waals surface area contributed by atoms with E-state index in [2.05, 4.69) is 55.7 Å². The molecule has 2 saturated heterocycles. The smallest absolute Gasteiger partial charge is 0.305 e. The van der Waals surface area contributed by atoms with E-state index in [-0.39, 0.29) is 23.3 Å². The van der Waals surface area contributed by atoms with E-state index in [1.165, 1.54) is 5.56 Å². The summed E-state index contributed by atoms with van der Waals surface area (Å²) >= 11 is 1.77. The van der Waals surface area contributed by atoms with Gasteiger partial charge in [0.15, 0.2) is 0 Å². The van der Waals surface area contributed by atoms with E-state index in [0.29, 0.717) is 38.2 Å². The molecule has 1 N–H and O–H groups in total. The van der Waals surface area contributed by atoms with Gasteiger partial charge in [-0.1, -0.05) is 35.5 Å². The van der Waals surface area contributed by atoms with E-state index in [1.807, 2.05) is 29.3 Å². The number of ether oxygens (including phenoxy) is 1. The normalized spacial score (nSPS) is 19.1. The number of piperazine rings is 1. The third-order valence-corrected chi connectivity index (χ3v) is 8.91. The molecule has 4 heterocycles. The first-order valence-corrected chi connectivity index (χ1v) is 16.3. The maximum atomic E-state index is 13.2. The summed E-state index contributed by atoms with van der Waals surface area (Å²) in [6, 6.07) is 16.0. The quantitative estimate of drug-likeness (QED) is 0.132. The zero-order valence-corrected chi connectivity index (χ0v) is 26.0. The molecule has 44 heavy (non-hydrogen) atoms. The highest BCUT2D eigenvalue weighted by atomic mass is 32.2. The van der Waals surface area contributed by atoms with Crippen LogP contribution in [0.2, 0.25) is 0 Å². The van der Waals surface area contributed by atoms with Crippen molar-refractivity contribution in [2.45, 2.75) is 44.1 Å². The Morgan fingerprint density at radius 2 is 1.75 bits per heavy atom. The number of benzene rings is 1. The number of nitrogens with zero attached hydrogens (tertiary/aromatic N) is 5.